The molecule has 0 fully saturated rings. The van der Waals surface area contributed by atoms with E-state index in [1.165, 1.54) is 42.3 Å². The Morgan fingerprint density at radius 3 is 2.35 bits per heavy atom. The van der Waals surface area contributed by atoms with Crippen molar-refractivity contribution in [2.75, 3.05) is 5.32 Å². The lowest BCUT2D eigenvalue weighted by atomic mass is 9.87. The van der Waals surface area contributed by atoms with Crippen molar-refractivity contribution in [2.45, 2.75) is 43.7 Å². The number of hydrogen-bond donors (Lipinski definition) is 3. The summed E-state index contributed by atoms with van der Waals surface area (Å²) in [6, 6.07) is 21.0. The Bertz CT molecular complexity index is 1290. The Hall–Kier alpha value is -3.49. The molecule has 0 radical (unpaired) electrons. The van der Waals surface area contributed by atoms with Gasteiger partial charge >= 0.3 is 0 Å². The van der Waals surface area contributed by atoms with Gasteiger partial charge in [0, 0.05) is 24.7 Å². The molecule has 3 N–H and O–H groups in total. The van der Waals surface area contributed by atoms with Gasteiger partial charge in [-0.3, -0.25) is 9.59 Å². The molecular weight excluding hydrogens is 450 g/mol. The molecule has 0 aromatic heterocycles. The van der Waals surface area contributed by atoms with Gasteiger partial charge in [-0.2, -0.15) is 0 Å². The van der Waals surface area contributed by atoms with Crippen molar-refractivity contribution in [2.24, 2.45) is 0 Å². The van der Waals surface area contributed by atoms with Crippen molar-refractivity contribution in [1.29, 1.82) is 0 Å². The first-order valence-electron chi connectivity index (χ1n) is 11.2. The second kappa shape index (κ2) is 10.2. The Morgan fingerprint density at radius 2 is 1.65 bits per heavy atom. The van der Waals surface area contributed by atoms with Gasteiger partial charge < -0.3 is 10.6 Å². The van der Waals surface area contributed by atoms with Gasteiger partial charge in [-0.15, -0.1) is 0 Å². The van der Waals surface area contributed by atoms with E-state index in [4.69, 9.17) is 0 Å². The van der Waals surface area contributed by atoms with Crippen LogP contribution in [0.1, 0.15) is 52.9 Å². The Labute approximate surface area is 199 Å². The molecule has 0 spiro atoms. The molecule has 0 bridgehead atoms. The maximum Gasteiger partial charge on any atom is 0.251 e. The number of rotatable bonds is 7. The molecule has 34 heavy (non-hydrogen) atoms. The largest absolute Gasteiger partial charge is 0.345 e. The molecule has 2 amide bonds. The van der Waals surface area contributed by atoms with Gasteiger partial charge in [0.05, 0.1) is 10.9 Å². The topological polar surface area (TPSA) is 104 Å². The molecular formula is C26H27N3O4S. The van der Waals surface area contributed by atoms with Crippen LogP contribution in [0.25, 0.3) is 0 Å². The molecule has 176 valence electrons. The highest BCUT2D eigenvalue weighted by Crippen LogP contribution is 2.29. The molecule has 3 aromatic rings. The van der Waals surface area contributed by atoms with Crippen LogP contribution < -0.4 is 15.4 Å². The minimum absolute atomic E-state index is 0.000899. The van der Waals surface area contributed by atoms with E-state index in [1.807, 2.05) is 12.1 Å². The molecule has 1 aliphatic rings. The number of hydrogen-bond acceptors (Lipinski definition) is 4. The van der Waals surface area contributed by atoms with Crippen molar-refractivity contribution >= 4 is 27.5 Å². The van der Waals surface area contributed by atoms with Gasteiger partial charge in [0.1, 0.15) is 0 Å². The Kier molecular flexibility index (Phi) is 7.09. The molecule has 1 aliphatic carbocycles. The van der Waals surface area contributed by atoms with Crippen LogP contribution in [0.4, 0.5) is 5.69 Å². The van der Waals surface area contributed by atoms with Crippen LogP contribution in [-0.4, -0.2) is 20.2 Å². The van der Waals surface area contributed by atoms with Crippen molar-refractivity contribution < 1.29 is 18.0 Å². The van der Waals surface area contributed by atoms with Crippen molar-refractivity contribution in [3.8, 4) is 0 Å². The molecule has 3 aromatic carbocycles. The quantitative estimate of drug-likeness (QED) is 0.480. The van der Waals surface area contributed by atoms with E-state index in [2.05, 4.69) is 27.5 Å². The fourth-order valence-corrected chi connectivity index (χ4v) is 5.12. The summed E-state index contributed by atoms with van der Waals surface area (Å²) >= 11 is 0. The predicted octanol–water partition coefficient (Wildman–Crippen LogP) is 3.93. The monoisotopic (exact) mass is 477 g/mol. The number of fused-ring (bicyclic) bond motifs is 1. The highest BCUT2D eigenvalue weighted by molar-refractivity contribution is 7.89. The first-order chi connectivity index (χ1) is 16.3. The summed E-state index contributed by atoms with van der Waals surface area (Å²) < 4.78 is 27.7. The van der Waals surface area contributed by atoms with Crippen LogP contribution in [0, 0.1) is 0 Å². The summed E-state index contributed by atoms with van der Waals surface area (Å²) in [6.07, 6.45) is 2.98. The fourth-order valence-electron chi connectivity index (χ4n) is 4.10. The zero-order valence-corrected chi connectivity index (χ0v) is 19.7. The van der Waals surface area contributed by atoms with Gasteiger partial charge in [-0.1, -0.05) is 36.4 Å². The maximum absolute atomic E-state index is 12.8. The predicted molar refractivity (Wildman–Crippen MR) is 131 cm³/mol. The standard InChI is InChI=1S/C26H27N3O4S/c1-18(30)28-22-13-15-23(16-14-22)34(32,33)27-17-19-9-11-21(12-10-19)26(31)29-25-8-4-6-20-5-2-3-7-24(20)25/h2-3,5,7,9-16,25,27H,4,6,8,17H2,1H3,(H,28,30)(H,29,31). The van der Waals surface area contributed by atoms with E-state index in [9.17, 15) is 18.0 Å². The second-order valence-electron chi connectivity index (χ2n) is 8.34. The van der Waals surface area contributed by atoms with Crippen LogP contribution >= 0.6 is 0 Å². The molecule has 0 aliphatic heterocycles. The molecule has 0 saturated heterocycles. The first-order valence-corrected chi connectivity index (χ1v) is 12.6. The number of nitrogens with one attached hydrogen (secondary N) is 3. The van der Waals surface area contributed by atoms with Crippen molar-refractivity contribution in [3.63, 3.8) is 0 Å². The van der Waals surface area contributed by atoms with E-state index >= 15 is 0 Å². The number of sulfonamides is 1. The summed E-state index contributed by atoms with van der Waals surface area (Å²) in [6.45, 7) is 1.48. The van der Waals surface area contributed by atoms with Crippen LogP contribution in [0.15, 0.2) is 77.7 Å². The van der Waals surface area contributed by atoms with Crippen LogP contribution in [0.3, 0.4) is 0 Å². The second-order valence-corrected chi connectivity index (χ2v) is 10.1. The zero-order chi connectivity index (χ0) is 24.1. The van der Waals surface area contributed by atoms with Gasteiger partial charge in [-0.25, -0.2) is 13.1 Å². The van der Waals surface area contributed by atoms with Crippen LogP contribution in [-0.2, 0) is 27.8 Å². The normalized spacial score (nSPS) is 15.3. The smallest absolute Gasteiger partial charge is 0.251 e. The Balaban J connectivity index is 1.35. The third-order valence-electron chi connectivity index (χ3n) is 5.84. The lowest BCUT2D eigenvalue weighted by Crippen LogP contribution is -2.31. The number of amides is 2. The van der Waals surface area contributed by atoms with E-state index in [0.29, 0.717) is 11.3 Å². The van der Waals surface area contributed by atoms with Crippen molar-refractivity contribution in [3.05, 3.63) is 95.1 Å². The molecule has 7 nitrogen and oxygen atoms in total. The summed E-state index contributed by atoms with van der Waals surface area (Å²) in [5.41, 5.74) is 4.25. The van der Waals surface area contributed by atoms with Crippen LogP contribution in [0.2, 0.25) is 0 Å². The molecule has 4 rings (SSSR count). The average Bonchev–Trinajstić information content (AvgIpc) is 2.83. The molecule has 1 unspecified atom stereocenters. The Morgan fingerprint density at radius 1 is 0.941 bits per heavy atom. The van der Waals surface area contributed by atoms with E-state index in [0.717, 1.165) is 24.8 Å². The van der Waals surface area contributed by atoms with Crippen LogP contribution in [0.5, 0.6) is 0 Å². The summed E-state index contributed by atoms with van der Waals surface area (Å²) in [4.78, 5) is 24.0. The first kappa shape index (κ1) is 23.7. The average molecular weight is 478 g/mol. The summed E-state index contributed by atoms with van der Waals surface area (Å²) in [5, 5.41) is 5.73. The molecule has 8 heteroatoms. The highest BCUT2D eigenvalue weighted by atomic mass is 32.2. The number of aryl methyl sites for hydroxylation is 1. The van der Waals surface area contributed by atoms with Gasteiger partial charge in [0.25, 0.3) is 5.91 Å². The number of carbonyl (C=O) groups excluding carboxylic acids is 2. The molecule has 0 heterocycles. The lowest BCUT2D eigenvalue weighted by Gasteiger charge is -2.26. The maximum atomic E-state index is 12.8. The minimum Gasteiger partial charge on any atom is -0.345 e. The molecule has 0 saturated carbocycles. The van der Waals surface area contributed by atoms with Gasteiger partial charge in [0.2, 0.25) is 15.9 Å². The number of anilines is 1. The zero-order valence-electron chi connectivity index (χ0n) is 18.9. The summed E-state index contributed by atoms with van der Waals surface area (Å²) in [7, 11) is -3.72. The lowest BCUT2D eigenvalue weighted by molar-refractivity contribution is -0.114. The minimum atomic E-state index is -3.72. The third-order valence-corrected chi connectivity index (χ3v) is 7.26. The number of carbonyl (C=O) groups is 2. The van der Waals surface area contributed by atoms with Gasteiger partial charge in [0.15, 0.2) is 0 Å². The number of benzene rings is 3. The van der Waals surface area contributed by atoms with E-state index < -0.39 is 10.0 Å². The fraction of sp³-hybridized carbons (Fsp3) is 0.231. The summed E-state index contributed by atoms with van der Waals surface area (Å²) in [5.74, 6) is -0.373. The third kappa shape index (κ3) is 5.70. The van der Waals surface area contributed by atoms with Gasteiger partial charge in [-0.05, 0) is 72.4 Å². The van der Waals surface area contributed by atoms with E-state index in [1.54, 1.807) is 24.3 Å². The van der Waals surface area contributed by atoms with Crippen molar-refractivity contribution in [1.82, 2.24) is 10.0 Å². The van der Waals surface area contributed by atoms with E-state index in [-0.39, 0.29) is 29.3 Å². The SMILES string of the molecule is CC(=O)Nc1ccc(S(=O)(=O)NCc2ccc(C(=O)NC3CCCc4ccccc43)cc2)cc1. The molecule has 1 atom stereocenters. The highest BCUT2D eigenvalue weighted by Gasteiger charge is 2.22.